The number of halogens is 1. The quantitative estimate of drug-likeness (QED) is 0.742. The van der Waals surface area contributed by atoms with Crippen molar-refractivity contribution in [2.24, 2.45) is 0 Å². The van der Waals surface area contributed by atoms with Gasteiger partial charge in [-0.25, -0.2) is 0 Å². The lowest BCUT2D eigenvalue weighted by Crippen LogP contribution is -2.49. The summed E-state index contributed by atoms with van der Waals surface area (Å²) in [6.07, 6.45) is 0. The first-order valence-electron chi connectivity index (χ1n) is 6.51. The molecule has 1 aliphatic rings. The molecule has 0 aliphatic carbocycles. The molecule has 3 nitrogen and oxygen atoms in total. The molecule has 1 heterocycles. The van der Waals surface area contributed by atoms with E-state index in [-0.39, 0.29) is 11.5 Å². The van der Waals surface area contributed by atoms with Crippen LogP contribution in [0.5, 0.6) is 0 Å². The topological polar surface area (TPSA) is 46.5 Å². The van der Waals surface area contributed by atoms with Gasteiger partial charge in [0, 0.05) is 3.57 Å². The van der Waals surface area contributed by atoms with Crippen LogP contribution in [0, 0.1) is 10.5 Å². The molecule has 0 spiro atoms. The van der Waals surface area contributed by atoms with Crippen LogP contribution >= 0.6 is 22.6 Å². The van der Waals surface area contributed by atoms with Gasteiger partial charge in [0.2, 0.25) is 0 Å². The van der Waals surface area contributed by atoms with E-state index in [9.17, 15) is 9.90 Å². The van der Waals surface area contributed by atoms with Gasteiger partial charge in [-0.1, -0.05) is 6.07 Å². The molecule has 0 aromatic heterocycles. The molecule has 0 radical (unpaired) electrons. The zero-order valence-corrected chi connectivity index (χ0v) is 14.5. The Hall–Kier alpha value is -0.880. The van der Waals surface area contributed by atoms with Crippen molar-refractivity contribution in [1.82, 2.24) is 0 Å². The van der Waals surface area contributed by atoms with Crippen molar-refractivity contribution in [3.05, 3.63) is 38.7 Å². The predicted octanol–water partition coefficient (Wildman–Crippen LogP) is 4.03. The normalized spacial score (nSPS) is 21.2. The fourth-order valence-electron chi connectivity index (χ4n) is 2.60. The highest BCUT2D eigenvalue weighted by Gasteiger charge is 2.47. The van der Waals surface area contributed by atoms with Gasteiger partial charge in [-0.05, 0) is 80.5 Å². The second-order valence-electron chi connectivity index (χ2n) is 6.13. The average molecular weight is 386 g/mol. The van der Waals surface area contributed by atoms with E-state index in [1.54, 1.807) is 27.7 Å². The number of aryl methyl sites for hydroxylation is 1. The van der Waals surface area contributed by atoms with Crippen molar-refractivity contribution < 1.29 is 14.6 Å². The van der Waals surface area contributed by atoms with Crippen molar-refractivity contribution in [3.63, 3.8) is 0 Å². The van der Waals surface area contributed by atoms with Gasteiger partial charge in [0.15, 0.2) is 5.78 Å². The number of Topliss-reactive ketones (excluding diaryl/α,β-unsaturated/α-hetero) is 1. The molecule has 0 unspecified atom stereocenters. The van der Waals surface area contributed by atoms with Gasteiger partial charge in [-0.3, -0.25) is 4.79 Å². The Balaban J connectivity index is 2.71. The zero-order valence-electron chi connectivity index (χ0n) is 12.4. The summed E-state index contributed by atoms with van der Waals surface area (Å²) in [5, 5.41) is 10.5. The number of carbonyl (C=O) groups excluding carboxylic acids is 1. The van der Waals surface area contributed by atoms with E-state index in [0.717, 1.165) is 14.7 Å². The molecule has 1 aliphatic heterocycles. The molecule has 20 heavy (non-hydrogen) atoms. The number of ether oxygens (including phenoxy) is 1. The smallest absolute Gasteiger partial charge is 0.198 e. The van der Waals surface area contributed by atoms with Gasteiger partial charge in [0.05, 0.1) is 5.57 Å². The molecule has 0 atom stereocenters. The molecule has 1 aromatic rings. The third-order valence-corrected chi connectivity index (χ3v) is 4.22. The molecule has 4 heteroatoms. The standard InChI is InChI=1S/C16H19IO3/c1-9-8-10(17)6-7-11(9)12-13(18)15(2,3)20-16(4,5)14(12)19/h6-8,18H,1-5H3. The van der Waals surface area contributed by atoms with E-state index in [1.807, 2.05) is 25.1 Å². The number of ketones is 1. The highest BCUT2D eigenvalue weighted by Crippen LogP contribution is 2.40. The van der Waals surface area contributed by atoms with E-state index in [1.165, 1.54) is 0 Å². The van der Waals surface area contributed by atoms with Gasteiger partial charge >= 0.3 is 0 Å². The van der Waals surface area contributed by atoms with Gasteiger partial charge in [-0.15, -0.1) is 0 Å². The number of aliphatic hydroxyl groups is 1. The Labute approximate surface area is 133 Å². The molecule has 0 saturated carbocycles. The second-order valence-corrected chi connectivity index (χ2v) is 7.38. The predicted molar refractivity (Wildman–Crippen MR) is 87.7 cm³/mol. The average Bonchev–Trinajstić information content (AvgIpc) is 2.28. The SMILES string of the molecule is Cc1cc(I)ccc1C1=C(O)C(C)(C)OC(C)(C)C1=O. The van der Waals surface area contributed by atoms with Crippen LogP contribution in [0.4, 0.5) is 0 Å². The fraction of sp³-hybridized carbons (Fsp3) is 0.438. The third kappa shape index (κ3) is 2.51. The zero-order chi connectivity index (χ0) is 15.3. The number of rotatable bonds is 1. The molecule has 0 saturated heterocycles. The van der Waals surface area contributed by atoms with Crippen LogP contribution in [0.3, 0.4) is 0 Å². The minimum atomic E-state index is -0.944. The van der Waals surface area contributed by atoms with Crippen LogP contribution in [-0.2, 0) is 9.53 Å². The molecule has 0 amide bonds. The Bertz CT molecular complexity index is 612. The van der Waals surface area contributed by atoms with Crippen molar-refractivity contribution in [1.29, 1.82) is 0 Å². The van der Waals surface area contributed by atoms with Gasteiger partial charge in [0.25, 0.3) is 0 Å². The summed E-state index contributed by atoms with van der Waals surface area (Å²) >= 11 is 2.23. The largest absolute Gasteiger partial charge is 0.508 e. The van der Waals surface area contributed by atoms with E-state index in [2.05, 4.69) is 22.6 Å². The summed E-state index contributed by atoms with van der Waals surface area (Å²) in [7, 11) is 0. The van der Waals surface area contributed by atoms with Gasteiger partial charge < -0.3 is 9.84 Å². The molecule has 1 aromatic carbocycles. The van der Waals surface area contributed by atoms with Gasteiger partial charge in [-0.2, -0.15) is 0 Å². The Morgan fingerprint density at radius 1 is 1.15 bits per heavy atom. The maximum atomic E-state index is 12.6. The molecule has 2 rings (SSSR count). The molecule has 1 N–H and O–H groups in total. The number of hydrogen-bond donors (Lipinski definition) is 1. The summed E-state index contributed by atoms with van der Waals surface area (Å²) in [6.45, 7) is 8.98. The van der Waals surface area contributed by atoms with Crippen LogP contribution < -0.4 is 0 Å². The lowest BCUT2D eigenvalue weighted by Gasteiger charge is -2.40. The first-order valence-corrected chi connectivity index (χ1v) is 7.59. The van der Waals surface area contributed by atoms with E-state index >= 15 is 0 Å². The molecular formula is C16H19IO3. The van der Waals surface area contributed by atoms with Crippen molar-refractivity contribution in [3.8, 4) is 0 Å². The molecular weight excluding hydrogens is 367 g/mol. The summed E-state index contributed by atoms with van der Waals surface area (Å²) < 4.78 is 6.84. The first kappa shape index (κ1) is 15.5. The maximum Gasteiger partial charge on any atom is 0.198 e. The highest BCUT2D eigenvalue weighted by atomic mass is 127. The van der Waals surface area contributed by atoms with Crippen molar-refractivity contribution in [2.75, 3.05) is 0 Å². The van der Waals surface area contributed by atoms with E-state index < -0.39 is 11.2 Å². The summed E-state index contributed by atoms with van der Waals surface area (Å²) in [4.78, 5) is 12.6. The second kappa shape index (κ2) is 4.84. The maximum absolute atomic E-state index is 12.6. The Morgan fingerprint density at radius 3 is 2.30 bits per heavy atom. The van der Waals surface area contributed by atoms with E-state index in [0.29, 0.717) is 5.57 Å². The summed E-state index contributed by atoms with van der Waals surface area (Å²) in [5.41, 5.74) is 0.306. The lowest BCUT2D eigenvalue weighted by molar-refractivity contribution is -0.158. The summed E-state index contributed by atoms with van der Waals surface area (Å²) in [5.74, 6) is -0.176. The number of benzene rings is 1. The first-order chi connectivity index (χ1) is 9.06. The third-order valence-electron chi connectivity index (χ3n) is 3.55. The number of aliphatic hydroxyl groups excluding tert-OH is 1. The monoisotopic (exact) mass is 386 g/mol. The fourth-order valence-corrected chi connectivity index (χ4v) is 3.25. The summed E-state index contributed by atoms with van der Waals surface area (Å²) in [6, 6.07) is 5.82. The Morgan fingerprint density at radius 2 is 1.75 bits per heavy atom. The number of carbonyl (C=O) groups is 1. The van der Waals surface area contributed by atoms with Crippen LogP contribution in [-0.4, -0.2) is 22.1 Å². The van der Waals surface area contributed by atoms with Crippen LogP contribution in [0.2, 0.25) is 0 Å². The number of hydrogen-bond acceptors (Lipinski definition) is 3. The molecule has 108 valence electrons. The minimum absolute atomic E-state index is 0.00568. The molecule has 0 fully saturated rings. The van der Waals surface area contributed by atoms with Crippen molar-refractivity contribution >= 4 is 33.9 Å². The van der Waals surface area contributed by atoms with Crippen molar-refractivity contribution in [2.45, 2.75) is 45.8 Å². The van der Waals surface area contributed by atoms with Gasteiger partial charge in [0.1, 0.15) is 17.0 Å². The minimum Gasteiger partial charge on any atom is -0.508 e. The lowest BCUT2D eigenvalue weighted by atomic mass is 9.82. The van der Waals surface area contributed by atoms with Crippen LogP contribution in [0.1, 0.15) is 38.8 Å². The highest BCUT2D eigenvalue weighted by molar-refractivity contribution is 14.1. The molecule has 0 bridgehead atoms. The van der Waals surface area contributed by atoms with Crippen LogP contribution in [0.25, 0.3) is 5.57 Å². The van der Waals surface area contributed by atoms with Crippen LogP contribution in [0.15, 0.2) is 24.0 Å². The van der Waals surface area contributed by atoms with E-state index in [4.69, 9.17) is 4.74 Å². The Kier molecular flexibility index (Phi) is 3.75.